The number of imide groups is 2. The maximum absolute atomic E-state index is 13.3. The number of fused-ring (bicyclic) bond motifs is 2. The number of aryl methyl sites for hydroxylation is 1. The number of aromatic nitrogens is 1. The first-order chi connectivity index (χ1) is 27.3. The Morgan fingerprint density at radius 2 is 1.63 bits per heavy atom. The number of urea groups is 1. The molecule has 3 aliphatic heterocycles. The van der Waals surface area contributed by atoms with Crippen molar-refractivity contribution in [2.24, 2.45) is 7.05 Å². The highest BCUT2D eigenvalue weighted by Crippen LogP contribution is 2.39. The molecule has 0 radical (unpaired) electrons. The van der Waals surface area contributed by atoms with Crippen LogP contribution in [0.25, 0.3) is 11.1 Å². The van der Waals surface area contributed by atoms with Crippen LogP contribution in [0, 0.1) is 0 Å². The summed E-state index contributed by atoms with van der Waals surface area (Å²) in [4.78, 5) is 89.3. The number of anilines is 1. The predicted molar refractivity (Wildman–Crippen MR) is 206 cm³/mol. The van der Waals surface area contributed by atoms with Gasteiger partial charge in [-0.2, -0.15) is 0 Å². The van der Waals surface area contributed by atoms with Crippen LogP contribution in [0.4, 0.5) is 10.5 Å². The van der Waals surface area contributed by atoms with E-state index in [2.05, 4.69) is 16.0 Å². The first kappa shape index (κ1) is 41.9. The second-order valence-corrected chi connectivity index (χ2v) is 13.8. The van der Waals surface area contributed by atoms with E-state index in [4.69, 9.17) is 24.1 Å². The molecule has 1 atom stereocenters. The van der Waals surface area contributed by atoms with E-state index < -0.39 is 29.7 Å². The maximum atomic E-state index is 13.3. The van der Waals surface area contributed by atoms with Gasteiger partial charge in [0.15, 0.2) is 0 Å². The highest BCUT2D eigenvalue weighted by molar-refractivity contribution is 6.23. The number of nitrogens with zero attached hydrogens (tertiary/aromatic N) is 4. The normalized spacial score (nSPS) is 16.0. The third-order valence-electron chi connectivity index (χ3n) is 9.78. The van der Waals surface area contributed by atoms with E-state index in [9.17, 15) is 28.8 Å². The number of benzene rings is 2. The van der Waals surface area contributed by atoms with Gasteiger partial charge >= 0.3 is 6.03 Å². The number of nitrogens with one attached hydrogen (secondary N) is 3. The van der Waals surface area contributed by atoms with E-state index >= 15 is 0 Å². The Kier molecular flexibility index (Phi) is 13.7. The van der Waals surface area contributed by atoms with Crippen molar-refractivity contribution in [3.63, 3.8) is 0 Å². The van der Waals surface area contributed by atoms with Gasteiger partial charge in [-0.1, -0.05) is 0 Å². The van der Waals surface area contributed by atoms with Crippen molar-refractivity contribution in [2.75, 3.05) is 66.5 Å². The van der Waals surface area contributed by atoms with Gasteiger partial charge in [-0.3, -0.25) is 39.0 Å². The molecule has 1 aromatic heterocycles. The molecule has 3 aliphatic rings. The van der Waals surface area contributed by atoms with Crippen molar-refractivity contribution < 1.29 is 48.1 Å². The first-order valence-electron chi connectivity index (χ1n) is 18.2. The van der Waals surface area contributed by atoms with Crippen molar-refractivity contribution in [2.45, 2.75) is 38.4 Å². The summed E-state index contributed by atoms with van der Waals surface area (Å²) in [7, 11) is 8.91. The minimum absolute atomic E-state index is 0.0514. The van der Waals surface area contributed by atoms with Crippen LogP contribution in [-0.4, -0.2) is 128 Å². The van der Waals surface area contributed by atoms with Crippen LogP contribution in [0.3, 0.4) is 0 Å². The zero-order chi connectivity index (χ0) is 41.4. The summed E-state index contributed by atoms with van der Waals surface area (Å²) in [5, 5.41) is 15.1. The number of hydrogen-bond acceptors (Lipinski definition) is 12. The van der Waals surface area contributed by atoms with E-state index in [0.29, 0.717) is 49.7 Å². The molecule has 0 bridgehead atoms. The monoisotopic (exact) mass is 789 g/mol. The van der Waals surface area contributed by atoms with Crippen LogP contribution in [0.2, 0.25) is 0 Å². The lowest BCUT2D eigenvalue weighted by atomic mass is 9.91. The van der Waals surface area contributed by atoms with Gasteiger partial charge in [0, 0.05) is 73.8 Å². The fourth-order valence-corrected chi connectivity index (χ4v) is 7.13. The minimum atomic E-state index is -1.03. The molecule has 0 saturated carbocycles. The van der Waals surface area contributed by atoms with E-state index in [1.807, 2.05) is 37.3 Å². The lowest BCUT2D eigenvalue weighted by Gasteiger charge is -2.30. The quantitative estimate of drug-likeness (QED) is 0.110. The molecule has 6 amide bonds. The standard InChI is InChI=1S/C38H45N7O9.CH2O2/c1-42(2)19-22-16-32(53-5)26(18-31(22)52-4)28-20-43(3)35(48)29-21-44(13-10-24(28)29)38(51)40-12-15-54-14-11-39-23-6-7-25-27(17-23)37(50)45(36(25)49)30-8-9-33(46)41-34(30)47;2-1-3/h6-7,16-18,20,30,39H,8-15,19,21H2,1-5H3,(H,40,51)(H,41,46,47);1H,(H,2,3). The third-order valence-corrected chi connectivity index (χ3v) is 9.78. The van der Waals surface area contributed by atoms with Crippen molar-refractivity contribution in [3.8, 4) is 22.6 Å². The summed E-state index contributed by atoms with van der Waals surface area (Å²) in [6, 6.07) is 7.34. The van der Waals surface area contributed by atoms with Gasteiger partial charge in [-0.05, 0) is 62.8 Å². The molecule has 18 nitrogen and oxygen atoms in total. The molecule has 1 fully saturated rings. The summed E-state index contributed by atoms with van der Waals surface area (Å²) in [5.41, 5.74) is 4.89. The second-order valence-electron chi connectivity index (χ2n) is 13.8. The lowest BCUT2D eigenvalue weighted by Crippen LogP contribution is -2.54. The molecule has 0 spiro atoms. The van der Waals surface area contributed by atoms with Gasteiger partial charge in [0.1, 0.15) is 17.5 Å². The number of piperidine rings is 1. The molecular formula is C39H47N7O11. The Morgan fingerprint density at radius 1 is 0.930 bits per heavy atom. The van der Waals surface area contributed by atoms with Gasteiger partial charge in [0.2, 0.25) is 11.8 Å². The van der Waals surface area contributed by atoms with Gasteiger partial charge < -0.3 is 44.3 Å². The molecule has 4 heterocycles. The molecule has 57 heavy (non-hydrogen) atoms. The number of carbonyl (C=O) groups is 6. The van der Waals surface area contributed by atoms with Gasteiger partial charge in [0.25, 0.3) is 23.8 Å². The van der Waals surface area contributed by atoms with Crippen LogP contribution < -0.4 is 31.0 Å². The first-order valence-corrected chi connectivity index (χ1v) is 18.2. The van der Waals surface area contributed by atoms with Crippen molar-refractivity contribution in [3.05, 3.63) is 74.7 Å². The number of amides is 6. The molecule has 1 saturated heterocycles. The summed E-state index contributed by atoms with van der Waals surface area (Å²) < 4.78 is 18.8. The molecule has 4 N–H and O–H groups in total. The molecule has 0 aliphatic carbocycles. The molecule has 6 rings (SSSR count). The number of methoxy groups -OCH3 is 2. The van der Waals surface area contributed by atoms with Crippen molar-refractivity contribution >= 4 is 41.8 Å². The summed E-state index contributed by atoms with van der Waals surface area (Å²) >= 11 is 0. The number of pyridine rings is 1. The third kappa shape index (κ3) is 9.24. The van der Waals surface area contributed by atoms with Crippen LogP contribution in [0.1, 0.15) is 50.2 Å². The largest absolute Gasteiger partial charge is 0.496 e. The number of carbonyl (C=O) groups excluding carboxylic acids is 5. The summed E-state index contributed by atoms with van der Waals surface area (Å²) in [6.07, 6.45) is 2.44. The fraction of sp³-hybridized carbons (Fsp3) is 0.410. The average Bonchev–Trinajstić information content (AvgIpc) is 3.43. The van der Waals surface area contributed by atoms with Crippen LogP contribution >= 0.6 is 0 Å². The number of rotatable bonds is 13. The number of hydrogen-bond donors (Lipinski definition) is 4. The number of ether oxygens (including phenoxy) is 3. The molecule has 1 unspecified atom stereocenters. The highest BCUT2D eigenvalue weighted by atomic mass is 16.5. The smallest absolute Gasteiger partial charge is 0.317 e. The van der Waals surface area contributed by atoms with E-state index in [1.165, 1.54) is 10.6 Å². The topological polar surface area (TPSA) is 218 Å². The zero-order valence-electron chi connectivity index (χ0n) is 32.5. The molecular weight excluding hydrogens is 742 g/mol. The fourth-order valence-electron chi connectivity index (χ4n) is 7.13. The second kappa shape index (κ2) is 18.6. The number of carboxylic acid groups (broad SMARTS) is 1. The summed E-state index contributed by atoms with van der Waals surface area (Å²) in [5.74, 6) is -0.846. The lowest BCUT2D eigenvalue weighted by molar-refractivity contribution is -0.136. The SMILES string of the molecule is COc1cc(-c2cn(C)c(=O)c3c2CCN(C(=O)NCCOCCNc2ccc4c(c2)C(=O)N(C2CCC(=O)NC2=O)C4=O)C3)c(OC)cc1CN(C)C.O=CO. The van der Waals surface area contributed by atoms with Gasteiger partial charge in [-0.25, -0.2) is 4.79 Å². The Morgan fingerprint density at radius 3 is 2.32 bits per heavy atom. The van der Waals surface area contributed by atoms with Crippen LogP contribution in [0.15, 0.2) is 41.3 Å². The van der Waals surface area contributed by atoms with Gasteiger partial charge in [0.05, 0.1) is 45.1 Å². The van der Waals surface area contributed by atoms with E-state index in [-0.39, 0.29) is 61.7 Å². The summed E-state index contributed by atoms with van der Waals surface area (Å²) in [6.45, 7) is 2.16. The molecule has 3 aromatic rings. The highest BCUT2D eigenvalue weighted by Gasteiger charge is 2.44. The molecule has 304 valence electrons. The van der Waals surface area contributed by atoms with Crippen molar-refractivity contribution in [1.82, 2.24) is 29.9 Å². The molecule has 18 heteroatoms. The Hall–Kier alpha value is -6.27. The average molecular weight is 790 g/mol. The van der Waals surface area contributed by atoms with Crippen LogP contribution in [0.5, 0.6) is 11.5 Å². The minimum Gasteiger partial charge on any atom is -0.496 e. The maximum Gasteiger partial charge on any atom is 0.317 e. The van der Waals surface area contributed by atoms with E-state index in [0.717, 1.165) is 32.9 Å². The Balaban J connectivity index is 0.00000200. The Bertz CT molecular complexity index is 2120. The van der Waals surface area contributed by atoms with Crippen LogP contribution in [-0.2, 0) is 45.7 Å². The Labute approximate surface area is 328 Å². The van der Waals surface area contributed by atoms with Gasteiger partial charge in [-0.15, -0.1) is 0 Å². The molecule has 2 aromatic carbocycles. The van der Waals surface area contributed by atoms with E-state index in [1.54, 1.807) is 38.3 Å². The van der Waals surface area contributed by atoms with Crippen molar-refractivity contribution in [1.29, 1.82) is 0 Å². The predicted octanol–water partition coefficient (Wildman–Crippen LogP) is 1.43. The zero-order valence-corrected chi connectivity index (χ0v) is 32.5.